The lowest BCUT2D eigenvalue weighted by atomic mass is 10.2. The van der Waals surface area contributed by atoms with E-state index in [4.69, 9.17) is 0 Å². The van der Waals surface area contributed by atoms with Crippen LogP contribution in [0, 0.1) is 0 Å². The van der Waals surface area contributed by atoms with Crippen LogP contribution in [0.15, 0.2) is 42.6 Å². The van der Waals surface area contributed by atoms with Crippen molar-refractivity contribution in [3.63, 3.8) is 0 Å². The molecule has 3 rings (SSSR count). The van der Waals surface area contributed by atoms with Crippen LogP contribution in [0.2, 0.25) is 0 Å². The summed E-state index contributed by atoms with van der Waals surface area (Å²) in [5.41, 5.74) is 1.61. The van der Waals surface area contributed by atoms with Crippen molar-refractivity contribution in [3.05, 3.63) is 53.9 Å². The topological polar surface area (TPSA) is 58.1 Å². The normalized spacial score (nSPS) is 14.2. The number of hydrogen-bond donors (Lipinski definition) is 1. The van der Waals surface area contributed by atoms with Crippen LogP contribution < -0.4 is 5.32 Å². The van der Waals surface area contributed by atoms with Crippen LogP contribution in [0.1, 0.15) is 28.9 Å². The van der Waals surface area contributed by atoms with Gasteiger partial charge in [0.2, 0.25) is 5.95 Å². The molecule has 0 radical (unpaired) electrons. The fraction of sp³-hybridized carbons (Fsp3) is 0.312. The maximum atomic E-state index is 12.3. The van der Waals surface area contributed by atoms with Crippen molar-refractivity contribution in [2.24, 2.45) is 0 Å². The van der Waals surface area contributed by atoms with E-state index in [2.05, 4.69) is 15.3 Å². The summed E-state index contributed by atoms with van der Waals surface area (Å²) in [6.45, 7) is 2.30. The third kappa shape index (κ3) is 3.37. The third-order valence-corrected chi connectivity index (χ3v) is 3.56. The van der Waals surface area contributed by atoms with E-state index in [0.717, 1.165) is 31.5 Å². The number of benzene rings is 1. The van der Waals surface area contributed by atoms with Crippen LogP contribution in [-0.4, -0.2) is 33.9 Å². The quantitative estimate of drug-likeness (QED) is 0.935. The molecular weight excluding hydrogens is 264 g/mol. The van der Waals surface area contributed by atoms with Gasteiger partial charge in [0.05, 0.1) is 0 Å². The Labute approximate surface area is 124 Å². The Morgan fingerprint density at radius 2 is 1.90 bits per heavy atom. The van der Waals surface area contributed by atoms with Gasteiger partial charge in [0.25, 0.3) is 5.91 Å². The van der Waals surface area contributed by atoms with Gasteiger partial charge in [-0.2, -0.15) is 0 Å². The van der Waals surface area contributed by atoms with E-state index in [1.807, 2.05) is 35.2 Å². The molecule has 1 fully saturated rings. The van der Waals surface area contributed by atoms with E-state index >= 15 is 0 Å². The number of amides is 1. The van der Waals surface area contributed by atoms with E-state index in [-0.39, 0.29) is 5.91 Å². The molecule has 1 aromatic heterocycles. The van der Waals surface area contributed by atoms with Crippen molar-refractivity contribution in [1.29, 1.82) is 0 Å². The standard InChI is InChI=1S/C16H18N4O/c21-15(20-10-4-5-11-20)14-8-9-17-16(19-14)18-12-13-6-2-1-3-7-13/h1-3,6-9H,4-5,10-12H2,(H,17,18,19). The number of nitrogens with zero attached hydrogens (tertiary/aromatic N) is 3. The zero-order valence-corrected chi connectivity index (χ0v) is 11.8. The number of rotatable bonds is 4. The molecule has 5 nitrogen and oxygen atoms in total. The summed E-state index contributed by atoms with van der Waals surface area (Å²) in [7, 11) is 0. The number of carbonyl (C=O) groups excluding carboxylic acids is 1. The molecule has 1 aliphatic heterocycles. The highest BCUT2D eigenvalue weighted by atomic mass is 16.2. The summed E-state index contributed by atoms with van der Waals surface area (Å²) in [4.78, 5) is 22.6. The molecule has 1 amide bonds. The van der Waals surface area contributed by atoms with Crippen LogP contribution >= 0.6 is 0 Å². The highest BCUT2D eigenvalue weighted by Gasteiger charge is 2.20. The van der Waals surface area contributed by atoms with Crippen molar-refractivity contribution >= 4 is 11.9 Å². The summed E-state index contributed by atoms with van der Waals surface area (Å²) >= 11 is 0. The molecule has 1 saturated heterocycles. The highest BCUT2D eigenvalue weighted by Crippen LogP contribution is 2.12. The first-order chi connectivity index (χ1) is 10.3. The molecule has 0 saturated carbocycles. The summed E-state index contributed by atoms with van der Waals surface area (Å²) in [6.07, 6.45) is 3.79. The number of anilines is 1. The SMILES string of the molecule is O=C(c1ccnc(NCc2ccccc2)n1)N1CCCC1. The van der Waals surface area contributed by atoms with E-state index in [1.165, 1.54) is 0 Å². The molecule has 0 spiro atoms. The Bertz CT molecular complexity index is 609. The van der Waals surface area contributed by atoms with Gasteiger partial charge in [0.15, 0.2) is 0 Å². The number of hydrogen-bond acceptors (Lipinski definition) is 4. The smallest absolute Gasteiger partial charge is 0.272 e. The van der Waals surface area contributed by atoms with Gasteiger partial charge < -0.3 is 10.2 Å². The van der Waals surface area contributed by atoms with E-state index in [9.17, 15) is 4.79 Å². The van der Waals surface area contributed by atoms with Crippen LogP contribution in [0.25, 0.3) is 0 Å². The van der Waals surface area contributed by atoms with Gasteiger partial charge in [-0.25, -0.2) is 9.97 Å². The molecule has 1 aromatic carbocycles. The molecule has 1 N–H and O–H groups in total. The van der Waals surface area contributed by atoms with E-state index in [1.54, 1.807) is 12.3 Å². The monoisotopic (exact) mass is 282 g/mol. The molecule has 21 heavy (non-hydrogen) atoms. The maximum Gasteiger partial charge on any atom is 0.272 e. The van der Waals surface area contributed by atoms with Crippen molar-refractivity contribution in [1.82, 2.24) is 14.9 Å². The Morgan fingerprint density at radius 1 is 1.14 bits per heavy atom. The molecule has 2 aromatic rings. The third-order valence-electron chi connectivity index (χ3n) is 3.56. The zero-order valence-electron chi connectivity index (χ0n) is 11.8. The minimum Gasteiger partial charge on any atom is -0.350 e. The minimum atomic E-state index is -0.00217. The van der Waals surface area contributed by atoms with E-state index < -0.39 is 0 Å². The summed E-state index contributed by atoms with van der Waals surface area (Å²) in [5, 5.41) is 3.15. The number of aromatic nitrogens is 2. The predicted molar refractivity (Wildman–Crippen MR) is 80.9 cm³/mol. The number of nitrogens with one attached hydrogen (secondary N) is 1. The van der Waals surface area contributed by atoms with Crippen molar-refractivity contribution in [2.45, 2.75) is 19.4 Å². The Morgan fingerprint density at radius 3 is 2.67 bits per heavy atom. The second-order valence-corrected chi connectivity index (χ2v) is 5.10. The molecule has 1 aliphatic rings. The molecule has 0 atom stereocenters. The lowest BCUT2D eigenvalue weighted by molar-refractivity contribution is 0.0787. The molecule has 108 valence electrons. The second-order valence-electron chi connectivity index (χ2n) is 5.10. The second kappa shape index (κ2) is 6.35. The average Bonchev–Trinajstić information content (AvgIpc) is 3.08. The fourth-order valence-corrected chi connectivity index (χ4v) is 2.42. The Kier molecular flexibility index (Phi) is 4.09. The molecule has 2 heterocycles. The largest absolute Gasteiger partial charge is 0.350 e. The molecular formula is C16H18N4O. The molecule has 5 heteroatoms. The predicted octanol–water partition coefficient (Wildman–Crippen LogP) is 2.32. The van der Waals surface area contributed by atoms with Crippen LogP contribution in [0.4, 0.5) is 5.95 Å². The van der Waals surface area contributed by atoms with Gasteiger partial charge in [-0.15, -0.1) is 0 Å². The first-order valence-corrected chi connectivity index (χ1v) is 7.23. The van der Waals surface area contributed by atoms with Gasteiger partial charge in [0.1, 0.15) is 5.69 Å². The average molecular weight is 282 g/mol. The minimum absolute atomic E-state index is 0.00217. The Hall–Kier alpha value is -2.43. The maximum absolute atomic E-state index is 12.3. The van der Waals surface area contributed by atoms with Gasteiger partial charge >= 0.3 is 0 Å². The van der Waals surface area contributed by atoms with Gasteiger partial charge in [0, 0.05) is 25.8 Å². The number of likely N-dealkylation sites (tertiary alicyclic amines) is 1. The van der Waals surface area contributed by atoms with Gasteiger partial charge in [-0.3, -0.25) is 4.79 Å². The van der Waals surface area contributed by atoms with Crippen molar-refractivity contribution in [2.75, 3.05) is 18.4 Å². The first kappa shape index (κ1) is 13.5. The zero-order chi connectivity index (χ0) is 14.5. The molecule has 0 unspecified atom stereocenters. The van der Waals surface area contributed by atoms with Crippen LogP contribution in [0.5, 0.6) is 0 Å². The fourth-order valence-electron chi connectivity index (χ4n) is 2.42. The van der Waals surface area contributed by atoms with Crippen LogP contribution in [0.3, 0.4) is 0 Å². The Balaban J connectivity index is 1.66. The summed E-state index contributed by atoms with van der Waals surface area (Å²) in [5.74, 6) is 0.488. The summed E-state index contributed by atoms with van der Waals surface area (Å²) in [6, 6.07) is 11.7. The van der Waals surface area contributed by atoms with Crippen molar-refractivity contribution < 1.29 is 4.79 Å². The molecule has 0 aliphatic carbocycles. The lowest BCUT2D eigenvalue weighted by Gasteiger charge is -2.14. The first-order valence-electron chi connectivity index (χ1n) is 7.23. The van der Waals surface area contributed by atoms with Gasteiger partial charge in [-0.1, -0.05) is 30.3 Å². The van der Waals surface area contributed by atoms with Crippen LogP contribution in [-0.2, 0) is 6.54 Å². The van der Waals surface area contributed by atoms with Gasteiger partial charge in [-0.05, 0) is 24.5 Å². The summed E-state index contributed by atoms with van der Waals surface area (Å²) < 4.78 is 0. The molecule has 0 bridgehead atoms. The van der Waals surface area contributed by atoms with Crippen molar-refractivity contribution in [3.8, 4) is 0 Å². The van der Waals surface area contributed by atoms with E-state index in [0.29, 0.717) is 18.2 Å². The highest BCUT2D eigenvalue weighted by molar-refractivity contribution is 5.92. The number of carbonyl (C=O) groups is 1. The lowest BCUT2D eigenvalue weighted by Crippen LogP contribution is -2.28.